The number of carbonyl (C=O) groups excluding carboxylic acids is 3. The summed E-state index contributed by atoms with van der Waals surface area (Å²) in [7, 11) is 0. The van der Waals surface area contributed by atoms with Crippen LogP contribution in [0.3, 0.4) is 0 Å². The summed E-state index contributed by atoms with van der Waals surface area (Å²) in [5.41, 5.74) is 1.54. The first kappa shape index (κ1) is 21.9. The molecule has 7 nitrogen and oxygen atoms in total. The summed E-state index contributed by atoms with van der Waals surface area (Å²) in [4.78, 5) is 38.9. The Morgan fingerprint density at radius 2 is 1.54 bits per heavy atom. The van der Waals surface area contributed by atoms with Gasteiger partial charge in [0.2, 0.25) is 0 Å². The van der Waals surface area contributed by atoms with Crippen molar-refractivity contribution in [1.29, 1.82) is 0 Å². The molecular weight excluding hydrogens is 444 g/mol. The third-order valence-electron chi connectivity index (χ3n) is 5.69. The van der Waals surface area contributed by atoms with E-state index in [0.717, 1.165) is 21.2 Å². The lowest BCUT2D eigenvalue weighted by molar-refractivity contribution is -0.122. The van der Waals surface area contributed by atoms with Gasteiger partial charge in [-0.05, 0) is 52.7 Å². The molecule has 0 atom stereocenters. The number of amides is 4. The van der Waals surface area contributed by atoms with E-state index in [2.05, 4.69) is 5.32 Å². The van der Waals surface area contributed by atoms with Crippen molar-refractivity contribution in [3.8, 4) is 11.5 Å². The van der Waals surface area contributed by atoms with Crippen LogP contribution in [-0.2, 0) is 16.2 Å². The maximum Gasteiger partial charge on any atom is 0.335 e. The van der Waals surface area contributed by atoms with E-state index in [9.17, 15) is 19.5 Å². The fraction of sp³-hybridized carbons (Fsp3) is 0.0357. The summed E-state index contributed by atoms with van der Waals surface area (Å²) in [5, 5.41) is 13.9. The van der Waals surface area contributed by atoms with E-state index in [-0.39, 0.29) is 17.0 Å². The van der Waals surface area contributed by atoms with Gasteiger partial charge in [-0.3, -0.25) is 14.9 Å². The zero-order valence-corrected chi connectivity index (χ0v) is 18.5. The average molecular weight is 464 g/mol. The number of imide groups is 2. The fourth-order valence-corrected chi connectivity index (χ4v) is 3.95. The molecule has 0 aromatic heterocycles. The number of phenolic OH excluding ortho intramolecular Hbond substituents is 1. The second-order valence-electron chi connectivity index (χ2n) is 7.94. The number of ether oxygens (including phenoxy) is 1. The van der Waals surface area contributed by atoms with Crippen molar-refractivity contribution in [2.45, 2.75) is 6.61 Å². The Morgan fingerprint density at radius 1 is 0.829 bits per heavy atom. The van der Waals surface area contributed by atoms with Crippen LogP contribution in [0.5, 0.6) is 11.5 Å². The van der Waals surface area contributed by atoms with E-state index in [0.29, 0.717) is 17.9 Å². The summed E-state index contributed by atoms with van der Waals surface area (Å²) in [6, 6.07) is 25.7. The summed E-state index contributed by atoms with van der Waals surface area (Å²) in [5.74, 6) is -1.09. The second-order valence-corrected chi connectivity index (χ2v) is 7.94. The number of carbonyl (C=O) groups is 3. The molecule has 172 valence electrons. The molecular formula is C28H20N2O5. The summed E-state index contributed by atoms with van der Waals surface area (Å²) in [6.07, 6.45) is 1.41. The van der Waals surface area contributed by atoms with Crippen molar-refractivity contribution >= 4 is 40.4 Å². The van der Waals surface area contributed by atoms with Crippen molar-refractivity contribution in [3.05, 3.63) is 108 Å². The normalized spacial score (nSPS) is 14.9. The molecule has 2 N–H and O–H groups in total. The number of para-hydroxylation sites is 1. The Morgan fingerprint density at radius 3 is 2.37 bits per heavy atom. The minimum atomic E-state index is -0.858. The summed E-state index contributed by atoms with van der Waals surface area (Å²) in [6.45, 7) is 0.291. The molecule has 4 aromatic rings. The first-order chi connectivity index (χ1) is 17.0. The van der Waals surface area contributed by atoms with Crippen LogP contribution in [0.25, 0.3) is 16.8 Å². The predicted molar refractivity (Wildman–Crippen MR) is 132 cm³/mol. The van der Waals surface area contributed by atoms with E-state index in [1.54, 1.807) is 24.3 Å². The number of nitrogens with one attached hydrogen (secondary N) is 1. The molecule has 0 bridgehead atoms. The van der Waals surface area contributed by atoms with Crippen LogP contribution in [0.4, 0.5) is 10.5 Å². The average Bonchev–Trinajstić information content (AvgIpc) is 2.87. The maximum absolute atomic E-state index is 13.1. The molecule has 1 fully saturated rings. The lowest BCUT2D eigenvalue weighted by Crippen LogP contribution is -2.54. The molecule has 0 aliphatic carbocycles. The summed E-state index contributed by atoms with van der Waals surface area (Å²) >= 11 is 0. The highest BCUT2D eigenvalue weighted by Crippen LogP contribution is 2.27. The van der Waals surface area contributed by atoms with Crippen LogP contribution >= 0.6 is 0 Å². The zero-order valence-electron chi connectivity index (χ0n) is 18.5. The Bertz CT molecular complexity index is 1490. The van der Waals surface area contributed by atoms with Gasteiger partial charge in [0.25, 0.3) is 11.8 Å². The van der Waals surface area contributed by atoms with Gasteiger partial charge in [-0.1, -0.05) is 60.7 Å². The Balaban J connectivity index is 1.45. The molecule has 5 rings (SSSR count). The highest BCUT2D eigenvalue weighted by atomic mass is 16.5. The van der Waals surface area contributed by atoms with Crippen LogP contribution in [0, 0.1) is 0 Å². The number of phenols is 1. The first-order valence-electron chi connectivity index (χ1n) is 10.9. The molecule has 7 heteroatoms. The van der Waals surface area contributed by atoms with Crippen LogP contribution in [0.1, 0.15) is 11.1 Å². The third kappa shape index (κ3) is 4.35. The van der Waals surface area contributed by atoms with E-state index >= 15 is 0 Å². The van der Waals surface area contributed by atoms with Gasteiger partial charge in [0.05, 0.1) is 5.69 Å². The van der Waals surface area contributed by atoms with Gasteiger partial charge in [0.1, 0.15) is 23.7 Å². The van der Waals surface area contributed by atoms with Gasteiger partial charge in [0.15, 0.2) is 0 Å². The molecule has 0 unspecified atom stereocenters. The molecule has 4 aromatic carbocycles. The van der Waals surface area contributed by atoms with Crippen LogP contribution < -0.4 is 15.0 Å². The van der Waals surface area contributed by atoms with Gasteiger partial charge in [-0.15, -0.1) is 0 Å². The molecule has 1 aliphatic rings. The highest BCUT2D eigenvalue weighted by molar-refractivity contribution is 6.39. The number of barbiturate groups is 1. The first-order valence-corrected chi connectivity index (χ1v) is 10.9. The largest absolute Gasteiger partial charge is 0.508 e. The predicted octanol–water partition coefficient (Wildman–Crippen LogP) is 4.79. The molecule has 4 amide bonds. The van der Waals surface area contributed by atoms with Gasteiger partial charge in [0, 0.05) is 5.56 Å². The van der Waals surface area contributed by atoms with Crippen LogP contribution in [0.2, 0.25) is 0 Å². The number of rotatable bonds is 5. The second kappa shape index (κ2) is 9.15. The molecule has 0 spiro atoms. The Kier molecular flexibility index (Phi) is 5.73. The standard InChI is InChI=1S/C28H20N2O5/c31-22-14-12-21(13-15-22)30-27(33)24(26(32)29-28(30)34)16-19-7-2-4-11-25(19)35-17-20-9-5-8-18-6-1-3-10-23(18)20/h1-16,31H,17H2,(H,29,32,34)/b24-16+. The topological polar surface area (TPSA) is 95.9 Å². The minimum Gasteiger partial charge on any atom is -0.508 e. The van der Waals surface area contributed by atoms with E-state index in [4.69, 9.17) is 4.74 Å². The monoisotopic (exact) mass is 464 g/mol. The number of benzene rings is 4. The van der Waals surface area contributed by atoms with E-state index < -0.39 is 17.8 Å². The third-order valence-corrected chi connectivity index (χ3v) is 5.69. The number of anilines is 1. The van der Waals surface area contributed by atoms with E-state index in [1.165, 1.54) is 30.3 Å². The molecule has 0 radical (unpaired) electrons. The lowest BCUT2D eigenvalue weighted by atomic mass is 10.0. The van der Waals surface area contributed by atoms with Crippen molar-refractivity contribution in [2.24, 2.45) is 0 Å². The maximum atomic E-state index is 13.1. The number of fused-ring (bicyclic) bond motifs is 1. The van der Waals surface area contributed by atoms with Gasteiger partial charge in [-0.25, -0.2) is 9.69 Å². The Labute approximate surface area is 200 Å². The van der Waals surface area contributed by atoms with Gasteiger partial charge < -0.3 is 9.84 Å². The van der Waals surface area contributed by atoms with Gasteiger partial charge >= 0.3 is 6.03 Å². The number of nitrogens with zero attached hydrogens (tertiary/aromatic N) is 1. The van der Waals surface area contributed by atoms with Crippen molar-refractivity contribution in [2.75, 3.05) is 4.90 Å². The van der Waals surface area contributed by atoms with Crippen molar-refractivity contribution < 1.29 is 24.2 Å². The number of urea groups is 1. The fourth-order valence-electron chi connectivity index (χ4n) is 3.95. The smallest absolute Gasteiger partial charge is 0.335 e. The SMILES string of the molecule is O=C1NC(=O)N(c2ccc(O)cc2)C(=O)/C1=C/c1ccccc1OCc1cccc2ccccc12. The molecule has 1 aliphatic heterocycles. The summed E-state index contributed by atoms with van der Waals surface area (Å²) < 4.78 is 6.09. The lowest BCUT2D eigenvalue weighted by Gasteiger charge is -2.26. The molecule has 1 heterocycles. The number of hydrogen-bond acceptors (Lipinski definition) is 5. The number of hydrogen-bond donors (Lipinski definition) is 2. The van der Waals surface area contributed by atoms with Crippen molar-refractivity contribution in [3.63, 3.8) is 0 Å². The molecule has 1 saturated heterocycles. The zero-order chi connectivity index (χ0) is 24.4. The Hall–Kier alpha value is -4.91. The van der Waals surface area contributed by atoms with Crippen molar-refractivity contribution in [1.82, 2.24) is 5.32 Å². The van der Waals surface area contributed by atoms with Crippen LogP contribution in [-0.4, -0.2) is 23.0 Å². The minimum absolute atomic E-state index is 0.0114. The van der Waals surface area contributed by atoms with Gasteiger partial charge in [-0.2, -0.15) is 0 Å². The number of aromatic hydroxyl groups is 1. The van der Waals surface area contributed by atoms with E-state index in [1.807, 2.05) is 42.5 Å². The molecule has 35 heavy (non-hydrogen) atoms. The molecule has 0 saturated carbocycles. The quantitative estimate of drug-likeness (QED) is 0.327. The highest BCUT2D eigenvalue weighted by Gasteiger charge is 2.37. The van der Waals surface area contributed by atoms with Crippen LogP contribution in [0.15, 0.2) is 96.6 Å².